The average Bonchev–Trinajstić information content (AvgIpc) is 3.46. The van der Waals surface area contributed by atoms with E-state index in [-0.39, 0.29) is 26.1 Å². The van der Waals surface area contributed by atoms with E-state index in [1.807, 2.05) is 27.2 Å². The van der Waals surface area contributed by atoms with Crippen molar-refractivity contribution in [2.75, 3.05) is 47.5 Å². The van der Waals surface area contributed by atoms with Gasteiger partial charge < -0.3 is 27.9 Å². The second kappa shape index (κ2) is 61.5. The van der Waals surface area contributed by atoms with Gasteiger partial charge in [-0.2, -0.15) is 0 Å². The topological polar surface area (TPSA) is 111 Å². The van der Waals surface area contributed by atoms with Crippen LogP contribution in [0.15, 0.2) is 146 Å². The minimum absolute atomic E-state index is 0.0483. The number of nitrogens with zero attached hydrogens (tertiary/aromatic N) is 1. The fraction of sp³-hybridized carbons (Fsp3) is 0.639. The Morgan fingerprint density at radius 1 is 0.378 bits per heavy atom. The Morgan fingerprint density at radius 3 is 1.01 bits per heavy atom. The second-order valence-electron chi connectivity index (χ2n) is 22.4. The lowest BCUT2D eigenvalue weighted by atomic mass is 10.0. The molecule has 0 heterocycles. The molecule has 10 heteroatoms. The van der Waals surface area contributed by atoms with Crippen molar-refractivity contribution in [1.82, 2.24) is 0 Å². The molecule has 466 valence electrons. The van der Waals surface area contributed by atoms with E-state index in [0.29, 0.717) is 23.9 Å². The predicted molar refractivity (Wildman–Crippen MR) is 350 cm³/mol. The van der Waals surface area contributed by atoms with Gasteiger partial charge in [0.05, 0.1) is 27.7 Å². The van der Waals surface area contributed by atoms with Crippen LogP contribution in [-0.4, -0.2) is 70.0 Å². The molecule has 2 unspecified atom stereocenters. The van der Waals surface area contributed by atoms with E-state index in [0.717, 1.165) is 96.3 Å². The van der Waals surface area contributed by atoms with Crippen molar-refractivity contribution in [2.45, 2.75) is 251 Å². The lowest BCUT2D eigenvalue weighted by Gasteiger charge is -2.28. The summed E-state index contributed by atoms with van der Waals surface area (Å²) in [4.78, 5) is 37.9. The maximum atomic E-state index is 12.8. The highest BCUT2D eigenvalue weighted by Crippen LogP contribution is 2.38. The van der Waals surface area contributed by atoms with E-state index in [1.54, 1.807) is 0 Å². The number of hydrogen-bond donors (Lipinski definition) is 0. The minimum Gasteiger partial charge on any atom is -0.756 e. The van der Waals surface area contributed by atoms with E-state index in [1.165, 1.54) is 109 Å². The van der Waals surface area contributed by atoms with Crippen molar-refractivity contribution >= 4 is 19.8 Å². The summed E-state index contributed by atoms with van der Waals surface area (Å²) >= 11 is 0. The smallest absolute Gasteiger partial charge is 0.306 e. The van der Waals surface area contributed by atoms with Gasteiger partial charge in [-0.3, -0.25) is 14.2 Å². The van der Waals surface area contributed by atoms with Crippen LogP contribution in [0.5, 0.6) is 0 Å². The molecule has 0 fully saturated rings. The zero-order chi connectivity index (χ0) is 59.8. The van der Waals surface area contributed by atoms with E-state index >= 15 is 0 Å². The Morgan fingerprint density at radius 2 is 0.671 bits per heavy atom. The molecule has 9 nitrogen and oxygen atoms in total. The summed E-state index contributed by atoms with van der Waals surface area (Å²) in [6.07, 6.45) is 90.7. The van der Waals surface area contributed by atoms with Crippen molar-refractivity contribution < 1.29 is 42.1 Å². The van der Waals surface area contributed by atoms with Crippen LogP contribution in [0.1, 0.15) is 245 Å². The summed E-state index contributed by atoms with van der Waals surface area (Å²) in [6.45, 7) is 3.94. The van der Waals surface area contributed by atoms with E-state index in [4.69, 9.17) is 18.5 Å². The number of quaternary nitrogens is 1. The van der Waals surface area contributed by atoms with Gasteiger partial charge in [0.25, 0.3) is 7.82 Å². The molecule has 0 spiro atoms. The summed E-state index contributed by atoms with van der Waals surface area (Å²) in [6, 6.07) is 0. The second-order valence-corrected chi connectivity index (χ2v) is 23.8. The van der Waals surface area contributed by atoms with Crippen LogP contribution in [0.25, 0.3) is 0 Å². The third-order valence-corrected chi connectivity index (χ3v) is 14.3. The minimum atomic E-state index is -4.66. The Labute approximate surface area is 503 Å². The van der Waals surface area contributed by atoms with Crippen molar-refractivity contribution in [3.05, 3.63) is 146 Å². The van der Waals surface area contributed by atoms with Gasteiger partial charge in [0.2, 0.25) is 0 Å². The summed E-state index contributed by atoms with van der Waals surface area (Å²) in [5, 5.41) is 0. The number of allylic oxidation sites excluding steroid dienone is 24. The molecule has 0 aliphatic heterocycles. The largest absolute Gasteiger partial charge is 0.756 e. The number of phosphoric ester groups is 1. The Hall–Kier alpha value is -4.11. The molecule has 0 saturated heterocycles. The number of esters is 2. The lowest BCUT2D eigenvalue weighted by molar-refractivity contribution is -0.870. The number of hydrogen-bond acceptors (Lipinski definition) is 8. The summed E-state index contributed by atoms with van der Waals surface area (Å²) in [7, 11) is 1.11. The summed E-state index contributed by atoms with van der Waals surface area (Å²) in [5.41, 5.74) is 0. The van der Waals surface area contributed by atoms with Gasteiger partial charge in [-0.25, -0.2) is 0 Å². The molecule has 0 aliphatic carbocycles. The number of carbonyl (C=O) groups is 2. The first-order valence-electron chi connectivity index (χ1n) is 32.5. The highest BCUT2D eigenvalue weighted by atomic mass is 31.2. The van der Waals surface area contributed by atoms with Crippen LogP contribution >= 0.6 is 7.82 Å². The predicted octanol–water partition coefficient (Wildman–Crippen LogP) is 20.4. The fourth-order valence-corrected chi connectivity index (χ4v) is 9.17. The van der Waals surface area contributed by atoms with Crippen molar-refractivity contribution in [2.24, 2.45) is 0 Å². The maximum absolute atomic E-state index is 12.8. The summed E-state index contributed by atoms with van der Waals surface area (Å²) in [5.74, 6) is -0.907. The Balaban J connectivity index is 4.12. The first-order chi connectivity index (χ1) is 40.0. The highest BCUT2D eigenvalue weighted by molar-refractivity contribution is 7.45. The number of phosphoric acid groups is 1. The summed E-state index contributed by atoms with van der Waals surface area (Å²) < 4.78 is 34.1. The Bertz CT molecular complexity index is 1890. The van der Waals surface area contributed by atoms with Crippen LogP contribution in [0.4, 0.5) is 0 Å². The number of rotatable bonds is 58. The van der Waals surface area contributed by atoms with E-state index in [9.17, 15) is 19.0 Å². The number of unbranched alkanes of at least 4 members (excludes halogenated alkanes) is 20. The molecule has 0 bridgehead atoms. The third kappa shape index (κ3) is 65.0. The SMILES string of the molecule is CC/C=C\C/C=C\C/C=C\C/C=C\C/C=C\C/C=C\C/C=C\CCCC(=O)OC(COC(=O)CCCCCCCCCCCCCCCCCCCCC/C=C\C/C=C\C/C=C\C/C=C\C/C=C\CC)COP(=O)([O-])OCC[N+](C)(C)C. The maximum Gasteiger partial charge on any atom is 0.306 e. The molecular formula is C72H120NO8P. The van der Waals surface area contributed by atoms with Gasteiger partial charge in [-0.15, -0.1) is 0 Å². The molecule has 0 amide bonds. The number of ether oxygens (including phenoxy) is 2. The molecule has 82 heavy (non-hydrogen) atoms. The highest BCUT2D eigenvalue weighted by Gasteiger charge is 2.21. The normalized spacial score (nSPS) is 14.2. The molecule has 0 saturated carbocycles. The third-order valence-electron chi connectivity index (χ3n) is 13.4. The molecule has 2 atom stereocenters. The average molecular weight is 1160 g/mol. The zero-order valence-electron chi connectivity index (χ0n) is 52.9. The standard InChI is InChI=1S/C72H120NO8P/c1-6-8-10-12-14-16-18-20-22-24-26-28-30-31-32-33-34-35-36-37-38-39-40-41-43-44-46-48-50-52-54-56-58-60-62-64-71(74)78-68-70(69-80-82(76,77)79-67-66-73(3,4)5)81-72(75)65-63-61-59-57-55-53-51-49-47-45-42-29-27-25-23-21-19-17-15-13-11-9-7-2/h8-11,14-17,20-23,26-29,31-32,45,47,51,53,57,59,70H,6-7,12-13,18-19,24-25,30,33-44,46,48-50,52,54-56,58,60-69H2,1-5H3/b10-8-,11-9-,16-14-,17-15-,22-20-,23-21-,28-26-,29-27-,32-31-,47-45-,53-51-,59-57-. The molecule has 0 radical (unpaired) electrons. The molecule has 0 aromatic heterocycles. The molecular weight excluding hydrogens is 1040 g/mol. The van der Waals surface area contributed by atoms with Crippen molar-refractivity contribution in [3.8, 4) is 0 Å². The number of carbonyl (C=O) groups excluding carboxylic acids is 2. The van der Waals surface area contributed by atoms with Crippen LogP contribution < -0.4 is 4.89 Å². The van der Waals surface area contributed by atoms with Crippen molar-refractivity contribution in [1.29, 1.82) is 0 Å². The molecule has 0 aliphatic rings. The van der Waals surface area contributed by atoms with Gasteiger partial charge in [-0.1, -0.05) is 269 Å². The quantitative estimate of drug-likeness (QED) is 0.0195. The Kier molecular flexibility index (Phi) is 58.4. The molecule has 0 aromatic carbocycles. The van der Waals surface area contributed by atoms with Crippen LogP contribution in [0.3, 0.4) is 0 Å². The van der Waals surface area contributed by atoms with Crippen molar-refractivity contribution in [3.63, 3.8) is 0 Å². The monoisotopic (exact) mass is 1160 g/mol. The lowest BCUT2D eigenvalue weighted by Crippen LogP contribution is -2.37. The van der Waals surface area contributed by atoms with Crippen LogP contribution in [0, 0.1) is 0 Å². The zero-order valence-corrected chi connectivity index (χ0v) is 53.8. The van der Waals surface area contributed by atoms with Gasteiger partial charge in [0, 0.05) is 12.8 Å². The van der Waals surface area contributed by atoms with Gasteiger partial charge >= 0.3 is 11.9 Å². The molecule has 0 aromatic rings. The number of likely N-dealkylation sites (N-methyl/N-ethyl adjacent to an activating group) is 1. The molecule has 0 rings (SSSR count). The van der Waals surface area contributed by atoms with E-state index < -0.39 is 32.5 Å². The van der Waals surface area contributed by atoms with Crippen LogP contribution in [0.2, 0.25) is 0 Å². The first kappa shape index (κ1) is 77.9. The fourth-order valence-electron chi connectivity index (χ4n) is 8.44. The van der Waals surface area contributed by atoms with E-state index in [2.05, 4.69) is 154 Å². The van der Waals surface area contributed by atoms with Gasteiger partial charge in [0.1, 0.15) is 19.8 Å². The van der Waals surface area contributed by atoms with Gasteiger partial charge in [0.15, 0.2) is 6.10 Å². The van der Waals surface area contributed by atoms with Crippen LogP contribution in [-0.2, 0) is 32.7 Å². The molecule has 0 N–H and O–H groups in total. The van der Waals surface area contributed by atoms with Gasteiger partial charge in [-0.05, 0) is 109 Å². The first-order valence-corrected chi connectivity index (χ1v) is 34.0.